The molecule has 0 N–H and O–H groups in total. The van der Waals surface area contributed by atoms with Crippen molar-refractivity contribution in [2.24, 2.45) is 0 Å². The van der Waals surface area contributed by atoms with Crippen molar-refractivity contribution in [3.63, 3.8) is 0 Å². The Balaban J connectivity index is 1.74. The molecule has 9 aromatic rings. The van der Waals surface area contributed by atoms with E-state index in [1.807, 2.05) is 109 Å². The van der Waals surface area contributed by atoms with E-state index in [0.29, 0.717) is 44.1 Å². The van der Waals surface area contributed by atoms with Gasteiger partial charge in [0.1, 0.15) is 0 Å². The molecule has 0 aliphatic heterocycles. The summed E-state index contributed by atoms with van der Waals surface area (Å²) >= 11 is 0. The molecule has 0 fully saturated rings. The van der Waals surface area contributed by atoms with Crippen LogP contribution < -0.4 is 0 Å². The molecule has 2 heterocycles. The molecule has 0 radical (unpaired) electrons. The summed E-state index contributed by atoms with van der Waals surface area (Å²) in [6, 6.07) is 54.7. The van der Waals surface area contributed by atoms with Crippen molar-refractivity contribution in [1.82, 2.24) is 9.13 Å². The summed E-state index contributed by atoms with van der Waals surface area (Å²) in [4.78, 5) is 0. The normalized spacial score (nSPS) is 10.8. The third-order valence-electron chi connectivity index (χ3n) is 10.3. The summed E-state index contributed by atoms with van der Waals surface area (Å²) in [7, 11) is 0. The summed E-state index contributed by atoms with van der Waals surface area (Å²) in [5.74, 6) is 0. The summed E-state index contributed by atoms with van der Waals surface area (Å²) in [5.41, 5.74) is 7.25. The standard InChI is InChI=1S/C48H22N8/c49-23-29-19-31(25-51)41(32(20-29)26-52)45-44-38-16-8-10-18-40(38)56(36-13-5-2-6-14-36)48(44)46(42-33(27-53)21-30(24-50)22-34(42)28-54)43-37-15-7-9-17-39(37)55(47(43)45)35-11-3-1-4-12-35/h1-22H. The van der Waals surface area contributed by atoms with Crippen molar-refractivity contribution < 1.29 is 0 Å². The number of hydrogen-bond donors (Lipinski definition) is 0. The van der Waals surface area contributed by atoms with Gasteiger partial charge >= 0.3 is 0 Å². The molecule has 0 aliphatic carbocycles. The molecule has 0 amide bonds. The van der Waals surface area contributed by atoms with E-state index < -0.39 is 0 Å². The van der Waals surface area contributed by atoms with E-state index in [2.05, 4.69) is 45.5 Å². The fourth-order valence-corrected chi connectivity index (χ4v) is 8.18. The second-order valence-corrected chi connectivity index (χ2v) is 13.1. The second-order valence-electron chi connectivity index (χ2n) is 13.1. The third-order valence-corrected chi connectivity index (χ3v) is 10.3. The average molecular weight is 711 g/mol. The van der Waals surface area contributed by atoms with Gasteiger partial charge < -0.3 is 9.13 Å². The van der Waals surface area contributed by atoms with Crippen LogP contribution in [0.25, 0.3) is 77.2 Å². The highest BCUT2D eigenvalue weighted by Crippen LogP contribution is 2.53. The number of rotatable bonds is 4. The third kappa shape index (κ3) is 4.66. The van der Waals surface area contributed by atoms with Crippen molar-refractivity contribution in [3.8, 4) is 70.0 Å². The maximum atomic E-state index is 10.8. The Bertz CT molecular complexity index is 3120. The van der Waals surface area contributed by atoms with Crippen LogP contribution in [-0.2, 0) is 0 Å². The van der Waals surface area contributed by atoms with Crippen molar-refractivity contribution >= 4 is 43.6 Å². The van der Waals surface area contributed by atoms with Gasteiger partial charge in [-0.15, -0.1) is 0 Å². The summed E-state index contributed by atoms with van der Waals surface area (Å²) in [5, 5.41) is 66.2. The van der Waals surface area contributed by atoms with Crippen LogP contribution in [0.3, 0.4) is 0 Å². The summed E-state index contributed by atoms with van der Waals surface area (Å²) in [6.07, 6.45) is 0. The minimum atomic E-state index is 0.145. The Labute approximate surface area is 320 Å². The first kappa shape index (κ1) is 33.0. The van der Waals surface area contributed by atoms with Gasteiger partial charge in [0.05, 0.1) is 91.9 Å². The minimum absolute atomic E-state index is 0.145. The zero-order chi connectivity index (χ0) is 38.5. The molecule has 0 spiro atoms. The van der Waals surface area contributed by atoms with Gasteiger partial charge in [-0.25, -0.2) is 0 Å². The van der Waals surface area contributed by atoms with Crippen LogP contribution in [0.2, 0.25) is 0 Å². The maximum Gasteiger partial charge on any atom is 0.0999 e. The molecule has 8 nitrogen and oxygen atoms in total. The van der Waals surface area contributed by atoms with Crippen LogP contribution in [0, 0.1) is 68.0 Å². The van der Waals surface area contributed by atoms with E-state index in [1.54, 1.807) is 0 Å². The quantitative estimate of drug-likeness (QED) is 0.177. The highest BCUT2D eigenvalue weighted by atomic mass is 15.0. The van der Waals surface area contributed by atoms with E-state index in [9.17, 15) is 31.6 Å². The molecule has 0 bridgehead atoms. The first-order valence-corrected chi connectivity index (χ1v) is 17.5. The van der Waals surface area contributed by atoms with Crippen molar-refractivity contribution in [2.75, 3.05) is 0 Å². The van der Waals surface area contributed by atoms with E-state index in [1.165, 1.54) is 24.3 Å². The predicted molar refractivity (Wildman–Crippen MR) is 214 cm³/mol. The highest BCUT2D eigenvalue weighted by Gasteiger charge is 2.32. The zero-order valence-corrected chi connectivity index (χ0v) is 29.3. The Morgan fingerprint density at radius 3 is 0.982 bits per heavy atom. The van der Waals surface area contributed by atoms with Gasteiger partial charge in [0, 0.05) is 55.2 Å². The van der Waals surface area contributed by atoms with Crippen molar-refractivity contribution in [3.05, 3.63) is 167 Å². The molecule has 254 valence electrons. The average Bonchev–Trinajstić information content (AvgIpc) is 3.79. The number of fused-ring (bicyclic) bond motifs is 6. The molecular formula is C48H22N8. The van der Waals surface area contributed by atoms with Crippen molar-refractivity contribution in [1.29, 1.82) is 31.6 Å². The summed E-state index contributed by atoms with van der Waals surface area (Å²) < 4.78 is 4.19. The maximum absolute atomic E-state index is 10.8. The lowest BCUT2D eigenvalue weighted by Crippen LogP contribution is -2.03. The Kier molecular flexibility index (Phi) is 7.61. The fraction of sp³-hybridized carbons (Fsp3) is 0. The first-order valence-electron chi connectivity index (χ1n) is 17.5. The smallest absolute Gasteiger partial charge is 0.0999 e. The monoisotopic (exact) mass is 710 g/mol. The number of nitriles is 6. The largest absolute Gasteiger partial charge is 0.309 e. The number of aromatic nitrogens is 2. The molecule has 8 heteroatoms. The van der Waals surface area contributed by atoms with Gasteiger partial charge in [-0.3, -0.25) is 0 Å². The van der Waals surface area contributed by atoms with Crippen molar-refractivity contribution in [2.45, 2.75) is 0 Å². The molecule has 0 atom stereocenters. The molecule has 0 unspecified atom stereocenters. The molecule has 0 saturated carbocycles. The molecule has 0 aliphatic rings. The lowest BCUT2D eigenvalue weighted by Gasteiger charge is -2.20. The topological polar surface area (TPSA) is 153 Å². The van der Waals surface area contributed by atoms with Crippen LogP contribution in [0.4, 0.5) is 0 Å². The lowest BCUT2D eigenvalue weighted by atomic mass is 9.83. The van der Waals surface area contributed by atoms with E-state index in [0.717, 1.165) is 33.2 Å². The first-order chi connectivity index (χ1) is 27.6. The Hall–Kier alpha value is -8.92. The van der Waals surface area contributed by atoms with Gasteiger partial charge in [0.15, 0.2) is 0 Å². The Morgan fingerprint density at radius 2 is 0.661 bits per heavy atom. The number of benzene rings is 7. The van der Waals surface area contributed by atoms with Gasteiger partial charge in [-0.2, -0.15) is 31.6 Å². The van der Waals surface area contributed by atoms with E-state index >= 15 is 0 Å². The molecule has 2 aromatic heterocycles. The molecule has 9 rings (SSSR count). The molecule has 56 heavy (non-hydrogen) atoms. The van der Waals surface area contributed by atoms with Crippen LogP contribution in [0.5, 0.6) is 0 Å². The highest BCUT2D eigenvalue weighted by molar-refractivity contribution is 6.34. The number of nitrogens with zero attached hydrogens (tertiary/aromatic N) is 8. The zero-order valence-electron chi connectivity index (χ0n) is 29.3. The molecular weight excluding hydrogens is 689 g/mol. The fourth-order valence-electron chi connectivity index (χ4n) is 8.18. The van der Waals surface area contributed by atoms with Gasteiger partial charge in [0.25, 0.3) is 0 Å². The van der Waals surface area contributed by atoms with Gasteiger partial charge in [-0.05, 0) is 60.7 Å². The number of hydrogen-bond acceptors (Lipinski definition) is 6. The Morgan fingerprint density at radius 1 is 0.339 bits per heavy atom. The van der Waals surface area contributed by atoms with Gasteiger partial charge in [0.2, 0.25) is 0 Å². The lowest BCUT2D eigenvalue weighted by molar-refractivity contribution is 1.17. The molecule has 0 saturated heterocycles. The van der Waals surface area contributed by atoms with Crippen LogP contribution in [0.15, 0.2) is 133 Å². The summed E-state index contributed by atoms with van der Waals surface area (Å²) in [6.45, 7) is 0. The van der Waals surface area contributed by atoms with Crippen LogP contribution in [0.1, 0.15) is 33.4 Å². The van der Waals surface area contributed by atoms with E-state index in [4.69, 9.17) is 0 Å². The SMILES string of the molecule is N#Cc1cc(C#N)c(-c2c3c4ccccc4n(-c4ccccc4)c3c(-c3c(C#N)cc(C#N)cc3C#N)c3c4ccccc4n(-c4ccccc4)c23)c(C#N)c1. The van der Waals surface area contributed by atoms with Crippen LogP contribution in [-0.4, -0.2) is 9.13 Å². The van der Waals surface area contributed by atoms with E-state index in [-0.39, 0.29) is 33.4 Å². The van der Waals surface area contributed by atoms with Crippen LogP contribution >= 0.6 is 0 Å². The minimum Gasteiger partial charge on any atom is -0.309 e. The number of para-hydroxylation sites is 4. The molecule has 7 aromatic carbocycles. The second kappa shape index (κ2) is 12.9. The predicted octanol–water partition coefficient (Wildman–Crippen LogP) is 10.4. The van der Waals surface area contributed by atoms with Gasteiger partial charge in [-0.1, -0.05) is 72.8 Å².